The number of benzene rings is 2. The fourth-order valence-electron chi connectivity index (χ4n) is 3.59. The average molecular weight is 405 g/mol. The van der Waals surface area contributed by atoms with E-state index in [-0.39, 0.29) is 18.3 Å². The van der Waals surface area contributed by atoms with E-state index in [0.717, 1.165) is 48.4 Å². The summed E-state index contributed by atoms with van der Waals surface area (Å²) in [6.07, 6.45) is 1.62. The fraction of sp³-hybridized carbons (Fsp3) is 0.409. The van der Waals surface area contributed by atoms with E-state index >= 15 is 0 Å². The third-order valence-corrected chi connectivity index (χ3v) is 5.29. The van der Waals surface area contributed by atoms with Gasteiger partial charge in [0.15, 0.2) is 0 Å². The molecule has 0 radical (unpaired) electrons. The van der Waals surface area contributed by atoms with Crippen molar-refractivity contribution in [2.75, 3.05) is 33.9 Å². The molecule has 0 spiro atoms. The first kappa shape index (κ1) is 22.2. The fourth-order valence-corrected chi connectivity index (χ4v) is 3.59. The maximum atomic E-state index is 12.8. The Morgan fingerprint density at radius 1 is 1.00 bits per heavy atom. The maximum absolute atomic E-state index is 12.8. The summed E-state index contributed by atoms with van der Waals surface area (Å²) in [5.74, 6) is 0.936. The number of hydrogen-bond donors (Lipinski definition) is 2. The van der Waals surface area contributed by atoms with Gasteiger partial charge in [-0.05, 0) is 54.8 Å². The zero-order valence-corrected chi connectivity index (χ0v) is 17.3. The molecule has 0 atom stereocenters. The Balaban J connectivity index is 0.00000280. The molecule has 2 aromatic carbocycles. The van der Waals surface area contributed by atoms with Crippen LogP contribution in [0, 0.1) is 5.41 Å². The molecule has 0 aliphatic carbocycles. The molecule has 1 saturated heterocycles. The molecule has 2 aromatic rings. The summed E-state index contributed by atoms with van der Waals surface area (Å²) in [7, 11) is 3.33. The van der Waals surface area contributed by atoms with Gasteiger partial charge in [0.25, 0.3) is 0 Å². The molecule has 1 aliphatic rings. The highest BCUT2D eigenvalue weighted by Crippen LogP contribution is 2.29. The maximum Gasteiger partial charge on any atom is 0.228 e. The van der Waals surface area contributed by atoms with Crippen molar-refractivity contribution in [2.24, 2.45) is 5.41 Å². The summed E-state index contributed by atoms with van der Waals surface area (Å²) in [5.41, 5.74) is 2.95. The predicted molar refractivity (Wildman–Crippen MR) is 114 cm³/mol. The molecular weight excluding hydrogens is 376 g/mol. The van der Waals surface area contributed by atoms with E-state index in [2.05, 4.69) is 34.9 Å². The van der Waals surface area contributed by atoms with Gasteiger partial charge in [-0.2, -0.15) is 0 Å². The Hall–Kier alpha value is -2.08. The van der Waals surface area contributed by atoms with E-state index in [1.165, 1.54) is 0 Å². The van der Waals surface area contributed by atoms with Crippen LogP contribution in [0.4, 0.5) is 0 Å². The van der Waals surface area contributed by atoms with Gasteiger partial charge in [0, 0.05) is 13.7 Å². The number of hydrogen-bond acceptors (Lipinski definition) is 4. The molecule has 0 bridgehead atoms. The molecule has 1 amide bonds. The summed E-state index contributed by atoms with van der Waals surface area (Å²) in [5, 5.41) is 6.42. The minimum absolute atomic E-state index is 0. The van der Waals surface area contributed by atoms with Crippen molar-refractivity contribution in [2.45, 2.75) is 19.4 Å². The molecule has 0 unspecified atom stereocenters. The third-order valence-electron chi connectivity index (χ3n) is 5.29. The Morgan fingerprint density at radius 2 is 1.57 bits per heavy atom. The second-order valence-electron chi connectivity index (χ2n) is 7.07. The normalized spacial score (nSPS) is 15.4. The van der Waals surface area contributed by atoms with Crippen molar-refractivity contribution >= 4 is 18.3 Å². The van der Waals surface area contributed by atoms with Crippen LogP contribution in [0.1, 0.15) is 18.4 Å². The van der Waals surface area contributed by atoms with Crippen LogP contribution < -0.4 is 15.4 Å². The lowest BCUT2D eigenvalue weighted by molar-refractivity contribution is -0.136. The van der Waals surface area contributed by atoms with E-state index in [1.807, 2.05) is 24.3 Å². The van der Waals surface area contributed by atoms with Crippen LogP contribution in [0.25, 0.3) is 11.1 Å². The number of halogens is 1. The Morgan fingerprint density at radius 3 is 2.11 bits per heavy atom. The van der Waals surface area contributed by atoms with Gasteiger partial charge < -0.3 is 20.1 Å². The highest BCUT2D eigenvalue weighted by atomic mass is 35.5. The Kier molecular flexibility index (Phi) is 8.30. The van der Waals surface area contributed by atoms with Gasteiger partial charge in [-0.15, -0.1) is 12.4 Å². The topological polar surface area (TPSA) is 59.6 Å². The van der Waals surface area contributed by atoms with Gasteiger partial charge in [-0.25, -0.2) is 0 Å². The number of carbonyl (C=O) groups excluding carboxylic acids is 1. The second-order valence-corrected chi connectivity index (χ2v) is 7.07. The van der Waals surface area contributed by atoms with Gasteiger partial charge in [0.2, 0.25) is 5.91 Å². The number of carbonyl (C=O) groups is 1. The monoisotopic (exact) mass is 404 g/mol. The van der Waals surface area contributed by atoms with Crippen molar-refractivity contribution in [1.29, 1.82) is 0 Å². The largest absolute Gasteiger partial charge is 0.497 e. The van der Waals surface area contributed by atoms with E-state index < -0.39 is 5.41 Å². The molecule has 28 heavy (non-hydrogen) atoms. The molecular formula is C22H29ClN2O3. The third kappa shape index (κ3) is 5.25. The molecule has 1 fully saturated rings. The first-order valence-electron chi connectivity index (χ1n) is 9.38. The van der Waals surface area contributed by atoms with Gasteiger partial charge in [-0.1, -0.05) is 36.4 Å². The zero-order valence-electron chi connectivity index (χ0n) is 16.5. The van der Waals surface area contributed by atoms with Crippen LogP contribution in [-0.2, 0) is 16.1 Å². The van der Waals surface area contributed by atoms with E-state index in [9.17, 15) is 4.79 Å². The van der Waals surface area contributed by atoms with Crippen LogP contribution >= 0.6 is 12.4 Å². The molecule has 152 valence electrons. The summed E-state index contributed by atoms with van der Waals surface area (Å²) in [4.78, 5) is 12.8. The van der Waals surface area contributed by atoms with Crippen LogP contribution in [0.15, 0.2) is 48.5 Å². The summed E-state index contributed by atoms with van der Waals surface area (Å²) in [6, 6.07) is 16.3. The van der Waals surface area contributed by atoms with E-state index in [4.69, 9.17) is 9.47 Å². The lowest BCUT2D eigenvalue weighted by Crippen LogP contribution is -2.49. The summed E-state index contributed by atoms with van der Waals surface area (Å²) in [6.45, 7) is 2.71. The van der Waals surface area contributed by atoms with Crippen LogP contribution in [-0.4, -0.2) is 39.8 Å². The molecule has 6 heteroatoms. The highest BCUT2D eigenvalue weighted by molar-refractivity contribution is 5.85. The first-order chi connectivity index (χ1) is 13.2. The van der Waals surface area contributed by atoms with Crippen molar-refractivity contribution in [3.05, 3.63) is 54.1 Å². The second kappa shape index (κ2) is 10.5. The molecule has 0 saturated carbocycles. The van der Waals surface area contributed by atoms with Crippen molar-refractivity contribution < 1.29 is 14.3 Å². The summed E-state index contributed by atoms with van der Waals surface area (Å²) < 4.78 is 10.5. The number of ether oxygens (including phenoxy) is 2. The summed E-state index contributed by atoms with van der Waals surface area (Å²) >= 11 is 0. The van der Waals surface area contributed by atoms with Gasteiger partial charge in [0.1, 0.15) is 5.75 Å². The molecule has 3 rings (SSSR count). The van der Waals surface area contributed by atoms with E-state index in [0.29, 0.717) is 13.2 Å². The minimum Gasteiger partial charge on any atom is -0.497 e. The van der Waals surface area contributed by atoms with E-state index in [1.54, 1.807) is 14.2 Å². The molecule has 2 N–H and O–H groups in total. The smallest absolute Gasteiger partial charge is 0.228 e. The molecule has 1 aliphatic heterocycles. The number of amides is 1. The number of methoxy groups -OCH3 is 2. The quantitative estimate of drug-likeness (QED) is 0.742. The van der Waals surface area contributed by atoms with Crippen LogP contribution in [0.3, 0.4) is 0 Å². The number of piperidine rings is 1. The van der Waals surface area contributed by atoms with Crippen LogP contribution in [0.2, 0.25) is 0 Å². The lowest BCUT2D eigenvalue weighted by Gasteiger charge is -2.35. The molecule has 5 nitrogen and oxygen atoms in total. The number of rotatable bonds is 7. The molecule has 0 aromatic heterocycles. The lowest BCUT2D eigenvalue weighted by atomic mass is 9.78. The minimum atomic E-state index is -0.414. The van der Waals surface area contributed by atoms with Gasteiger partial charge in [-0.3, -0.25) is 4.79 Å². The molecule has 1 heterocycles. The van der Waals surface area contributed by atoms with Crippen molar-refractivity contribution in [3.63, 3.8) is 0 Å². The SMILES string of the molecule is COCC1(C(=O)NCc2ccc(-c3ccc(OC)cc3)cc2)CCNCC1.Cl. The average Bonchev–Trinajstić information content (AvgIpc) is 2.73. The van der Waals surface area contributed by atoms with Gasteiger partial charge in [0.05, 0.1) is 19.1 Å². The van der Waals surface area contributed by atoms with Crippen LogP contribution in [0.5, 0.6) is 5.75 Å². The zero-order chi connectivity index (χ0) is 19.1. The Bertz CT molecular complexity index is 736. The highest BCUT2D eigenvalue weighted by Gasteiger charge is 2.39. The first-order valence-corrected chi connectivity index (χ1v) is 9.38. The Labute approximate surface area is 173 Å². The van der Waals surface area contributed by atoms with Crippen molar-refractivity contribution in [3.8, 4) is 16.9 Å². The van der Waals surface area contributed by atoms with Gasteiger partial charge >= 0.3 is 0 Å². The predicted octanol–water partition coefficient (Wildman–Crippen LogP) is 3.42. The van der Waals surface area contributed by atoms with Crippen molar-refractivity contribution in [1.82, 2.24) is 10.6 Å². The standard InChI is InChI=1S/C22H28N2O3.ClH/c1-26-16-22(11-13-23-14-12-22)21(25)24-15-17-3-5-18(6-4-17)19-7-9-20(27-2)10-8-19;/h3-10,23H,11-16H2,1-2H3,(H,24,25);1H. The number of nitrogens with one attached hydrogen (secondary N) is 2.